The van der Waals surface area contributed by atoms with E-state index in [2.05, 4.69) is 55.0 Å². The number of carbonyl (C=O) groups excluding carboxylic acids is 2. The molecule has 5 nitrogen and oxygen atoms in total. The highest BCUT2D eigenvalue weighted by molar-refractivity contribution is 9.10. The molecule has 0 aromatic carbocycles. The predicted molar refractivity (Wildman–Crippen MR) is 116 cm³/mol. The summed E-state index contributed by atoms with van der Waals surface area (Å²) < 4.78 is 1.94. The predicted octanol–water partition coefficient (Wildman–Crippen LogP) is 4.77. The van der Waals surface area contributed by atoms with Crippen LogP contribution in [0, 0.1) is 0 Å². The van der Waals surface area contributed by atoms with Crippen molar-refractivity contribution in [1.29, 1.82) is 0 Å². The molecule has 2 N–H and O–H groups in total. The zero-order valence-corrected chi connectivity index (χ0v) is 18.5. The molecule has 27 heavy (non-hydrogen) atoms. The monoisotopic (exact) mass is 515 g/mol. The van der Waals surface area contributed by atoms with E-state index in [1.165, 1.54) is 6.08 Å². The molecule has 0 atom stereocenters. The maximum absolute atomic E-state index is 10.9. The molecule has 2 heterocycles. The maximum Gasteiger partial charge on any atom is 0.244 e. The summed E-state index contributed by atoms with van der Waals surface area (Å²) in [5.74, 6) is 0.0599. The Morgan fingerprint density at radius 3 is 1.81 bits per heavy atom. The molecule has 2 aromatic heterocycles. The molecular formula is C19H20Br2ClN3O2. The van der Waals surface area contributed by atoms with Crippen LogP contribution in [0.1, 0.15) is 17.8 Å². The van der Waals surface area contributed by atoms with E-state index in [9.17, 15) is 9.59 Å². The minimum atomic E-state index is -0.509. The zero-order chi connectivity index (χ0) is 20.7. The van der Waals surface area contributed by atoms with Crippen LogP contribution in [0.4, 0.5) is 0 Å². The lowest BCUT2D eigenvalue weighted by Crippen LogP contribution is -1.97. The summed E-state index contributed by atoms with van der Waals surface area (Å²) in [5.41, 5.74) is 7.17. The minimum Gasteiger partial charge on any atom is -0.325 e. The number of rotatable bonds is 6. The number of pyridine rings is 2. The van der Waals surface area contributed by atoms with Gasteiger partial charge in [0.2, 0.25) is 5.24 Å². The lowest BCUT2D eigenvalue weighted by molar-refractivity contribution is -0.114. The number of halogens is 3. The van der Waals surface area contributed by atoms with Gasteiger partial charge in [-0.05, 0) is 86.3 Å². The molecule has 0 aliphatic rings. The van der Waals surface area contributed by atoms with Crippen molar-refractivity contribution in [2.24, 2.45) is 5.73 Å². The van der Waals surface area contributed by atoms with Crippen molar-refractivity contribution < 1.29 is 9.59 Å². The Morgan fingerprint density at radius 1 is 1.00 bits per heavy atom. The molecule has 0 spiro atoms. The molecule has 0 amide bonds. The molecule has 144 valence electrons. The maximum atomic E-state index is 10.9. The fourth-order valence-corrected chi connectivity index (χ4v) is 1.90. The van der Waals surface area contributed by atoms with Crippen molar-refractivity contribution in [1.82, 2.24) is 9.97 Å². The number of carbonyl (C=O) groups is 2. The van der Waals surface area contributed by atoms with Crippen LogP contribution < -0.4 is 5.73 Å². The van der Waals surface area contributed by atoms with Gasteiger partial charge in [0.15, 0.2) is 5.78 Å². The summed E-state index contributed by atoms with van der Waals surface area (Å²) in [7, 11) is 0. The van der Waals surface area contributed by atoms with Gasteiger partial charge in [-0.1, -0.05) is 13.2 Å². The highest BCUT2D eigenvalue weighted by Gasteiger charge is 1.98. The lowest BCUT2D eigenvalue weighted by Gasteiger charge is -1.97. The van der Waals surface area contributed by atoms with Crippen molar-refractivity contribution in [2.75, 3.05) is 0 Å². The summed E-state index contributed by atoms with van der Waals surface area (Å²) in [6.45, 7) is 7.00. The molecule has 0 aliphatic carbocycles. The first-order chi connectivity index (χ1) is 12.8. The highest BCUT2D eigenvalue weighted by atomic mass is 79.9. The Bertz CT molecular complexity index is 736. The van der Waals surface area contributed by atoms with Crippen LogP contribution in [-0.2, 0) is 22.6 Å². The molecule has 8 heteroatoms. The number of allylic oxidation sites excluding steroid dienone is 2. The second kappa shape index (κ2) is 15.4. The second-order valence-corrected chi connectivity index (χ2v) is 7.02. The number of aryl methyl sites for hydroxylation is 1. The van der Waals surface area contributed by atoms with E-state index in [1.807, 2.05) is 24.3 Å². The summed E-state index contributed by atoms with van der Waals surface area (Å²) in [5, 5.41) is -0.509. The number of nitrogens with two attached hydrogens (primary N) is 1. The van der Waals surface area contributed by atoms with Gasteiger partial charge >= 0.3 is 0 Å². The zero-order valence-electron chi connectivity index (χ0n) is 14.6. The summed E-state index contributed by atoms with van der Waals surface area (Å²) in [6.07, 6.45) is 7.02. The number of ketones is 1. The van der Waals surface area contributed by atoms with Crippen LogP contribution in [0.25, 0.3) is 0 Å². The molecule has 0 fully saturated rings. The van der Waals surface area contributed by atoms with Crippen molar-refractivity contribution >= 4 is 54.5 Å². The fraction of sp³-hybridized carbons (Fsp3) is 0.158. The van der Waals surface area contributed by atoms with Gasteiger partial charge in [-0.2, -0.15) is 0 Å². The summed E-state index contributed by atoms with van der Waals surface area (Å²) in [4.78, 5) is 28.5. The Hall–Kier alpha value is -1.67. The molecule has 2 rings (SSSR count). The first-order valence-electron chi connectivity index (χ1n) is 7.70. The third kappa shape index (κ3) is 14.1. The lowest BCUT2D eigenvalue weighted by atomic mass is 10.1. The fourth-order valence-electron chi connectivity index (χ4n) is 1.43. The van der Waals surface area contributed by atoms with Gasteiger partial charge in [0.05, 0.1) is 5.69 Å². The number of hydrogen-bond acceptors (Lipinski definition) is 5. The van der Waals surface area contributed by atoms with E-state index >= 15 is 0 Å². The van der Waals surface area contributed by atoms with E-state index in [-0.39, 0.29) is 5.78 Å². The Balaban J connectivity index is 0.000000419. The smallest absolute Gasteiger partial charge is 0.244 e. The Kier molecular flexibility index (Phi) is 14.4. The van der Waals surface area contributed by atoms with Crippen molar-refractivity contribution in [3.05, 3.63) is 82.3 Å². The van der Waals surface area contributed by atoms with Crippen LogP contribution in [0.2, 0.25) is 0 Å². The van der Waals surface area contributed by atoms with Gasteiger partial charge < -0.3 is 5.73 Å². The largest absolute Gasteiger partial charge is 0.325 e. The van der Waals surface area contributed by atoms with Gasteiger partial charge in [0.1, 0.15) is 0 Å². The van der Waals surface area contributed by atoms with E-state index in [4.69, 9.17) is 17.3 Å². The normalized spacial score (nSPS) is 9.04. The number of aromatic nitrogens is 2. The van der Waals surface area contributed by atoms with Gasteiger partial charge in [-0.25, -0.2) is 0 Å². The molecule has 2 aromatic rings. The molecule has 0 saturated carbocycles. The molecule has 0 unspecified atom stereocenters. The van der Waals surface area contributed by atoms with Crippen LogP contribution in [0.15, 0.2) is 70.9 Å². The van der Waals surface area contributed by atoms with Gasteiger partial charge in [0, 0.05) is 40.0 Å². The number of hydrogen-bond donors (Lipinski definition) is 1. The third-order valence-corrected chi connectivity index (χ3v) is 3.89. The minimum absolute atomic E-state index is 0.0599. The average molecular weight is 518 g/mol. The average Bonchev–Trinajstić information content (AvgIpc) is 2.68. The standard InChI is InChI=1S/C10H10BrNO.C6H7BrN2.C3H3ClO/c1-2-10(13)6-5-9-4-3-8(11)7-12-9;7-5-1-2-6(3-8)9-4-5;1-2-3(4)5/h2-4,7H,1,5-6H2;1-2,4H,3,8H2;2H,1H2. The van der Waals surface area contributed by atoms with Crippen LogP contribution in [-0.4, -0.2) is 21.0 Å². The molecule has 0 saturated heterocycles. The van der Waals surface area contributed by atoms with E-state index < -0.39 is 5.24 Å². The van der Waals surface area contributed by atoms with E-state index in [1.54, 1.807) is 12.4 Å². The third-order valence-electron chi connectivity index (χ3n) is 2.80. The van der Waals surface area contributed by atoms with Crippen molar-refractivity contribution in [2.45, 2.75) is 19.4 Å². The summed E-state index contributed by atoms with van der Waals surface area (Å²) >= 11 is 11.3. The van der Waals surface area contributed by atoms with Crippen molar-refractivity contribution in [3.8, 4) is 0 Å². The first kappa shape index (κ1) is 25.3. The van der Waals surface area contributed by atoms with E-state index in [0.717, 1.165) is 26.4 Å². The SMILES string of the molecule is C=CC(=O)CCc1ccc(Br)cn1.C=CC(=O)Cl.NCc1ccc(Br)cn1. The molecule has 0 bridgehead atoms. The van der Waals surface area contributed by atoms with Gasteiger partial charge in [0.25, 0.3) is 0 Å². The highest BCUT2D eigenvalue weighted by Crippen LogP contribution is 2.08. The van der Waals surface area contributed by atoms with Gasteiger partial charge in [-0.3, -0.25) is 19.6 Å². The van der Waals surface area contributed by atoms with E-state index in [0.29, 0.717) is 19.4 Å². The van der Waals surface area contributed by atoms with Crippen molar-refractivity contribution in [3.63, 3.8) is 0 Å². The first-order valence-corrected chi connectivity index (χ1v) is 9.66. The molecular weight excluding hydrogens is 497 g/mol. The molecule has 0 aliphatic heterocycles. The second-order valence-electron chi connectivity index (χ2n) is 4.82. The van der Waals surface area contributed by atoms with Gasteiger partial charge in [-0.15, -0.1) is 0 Å². The van der Waals surface area contributed by atoms with Crippen LogP contribution >= 0.6 is 43.5 Å². The quantitative estimate of drug-likeness (QED) is 0.441. The summed E-state index contributed by atoms with van der Waals surface area (Å²) in [6, 6.07) is 7.64. The topological polar surface area (TPSA) is 85.9 Å². The Labute approximate surface area is 181 Å². The molecule has 0 radical (unpaired) electrons. The van der Waals surface area contributed by atoms with Crippen LogP contribution in [0.3, 0.4) is 0 Å². The Morgan fingerprint density at radius 2 is 1.48 bits per heavy atom. The number of nitrogens with zero attached hydrogens (tertiary/aromatic N) is 2. The van der Waals surface area contributed by atoms with Crippen LogP contribution in [0.5, 0.6) is 0 Å².